The Morgan fingerprint density at radius 1 is 1.04 bits per heavy atom. The molecule has 0 aromatic heterocycles. The molecular formula is C15H9ClF3NO3. The molecule has 1 aromatic carbocycles. The van der Waals surface area contributed by atoms with Crippen molar-refractivity contribution in [3.63, 3.8) is 0 Å². The third-order valence-corrected chi connectivity index (χ3v) is 4.74. The van der Waals surface area contributed by atoms with Gasteiger partial charge in [0.25, 0.3) is 0 Å². The Morgan fingerprint density at radius 2 is 1.61 bits per heavy atom. The Bertz CT molecular complexity index is 731. The van der Waals surface area contributed by atoms with Crippen molar-refractivity contribution < 1.29 is 27.5 Å². The van der Waals surface area contributed by atoms with E-state index in [2.05, 4.69) is 0 Å². The average Bonchev–Trinajstić information content (AvgIpc) is 3.13. The predicted octanol–water partition coefficient (Wildman–Crippen LogP) is 2.80. The van der Waals surface area contributed by atoms with Gasteiger partial charge in [0.15, 0.2) is 0 Å². The highest BCUT2D eigenvalue weighted by Gasteiger charge is 2.61. The Labute approximate surface area is 133 Å². The van der Waals surface area contributed by atoms with Crippen LogP contribution in [0.5, 0.6) is 0 Å². The molecule has 2 bridgehead atoms. The van der Waals surface area contributed by atoms with Crippen molar-refractivity contribution in [1.82, 2.24) is 0 Å². The molecule has 0 N–H and O–H groups in total. The van der Waals surface area contributed by atoms with Gasteiger partial charge in [-0.15, -0.1) is 0 Å². The van der Waals surface area contributed by atoms with Crippen molar-refractivity contribution in [1.29, 1.82) is 0 Å². The van der Waals surface area contributed by atoms with Crippen molar-refractivity contribution in [2.75, 3.05) is 4.90 Å². The third kappa shape index (κ3) is 1.96. The molecule has 23 heavy (non-hydrogen) atoms. The summed E-state index contributed by atoms with van der Waals surface area (Å²) in [4.78, 5) is 25.9. The molecule has 0 aliphatic carbocycles. The molecule has 3 aliphatic heterocycles. The van der Waals surface area contributed by atoms with E-state index in [0.29, 0.717) is 0 Å². The van der Waals surface area contributed by atoms with E-state index in [-0.39, 0.29) is 10.7 Å². The van der Waals surface area contributed by atoms with Gasteiger partial charge in [0.2, 0.25) is 11.8 Å². The third-order valence-electron chi connectivity index (χ3n) is 4.42. The number of benzene rings is 1. The van der Waals surface area contributed by atoms with Crippen LogP contribution in [-0.2, 0) is 20.5 Å². The normalized spacial score (nSPS) is 32.1. The molecule has 2 saturated heterocycles. The van der Waals surface area contributed by atoms with E-state index < -0.39 is 47.6 Å². The molecule has 0 unspecified atom stereocenters. The smallest absolute Gasteiger partial charge is 0.365 e. The van der Waals surface area contributed by atoms with Crippen LogP contribution in [0.3, 0.4) is 0 Å². The molecule has 2 amide bonds. The summed E-state index contributed by atoms with van der Waals surface area (Å²) >= 11 is 5.94. The van der Waals surface area contributed by atoms with E-state index in [9.17, 15) is 22.8 Å². The second-order valence-electron chi connectivity index (χ2n) is 5.68. The highest BCUT2D eigenvalue weighted by atomic mass is 35.5. The maximum atomic E-state index is 12.9. The number of nitrogens with zero attached hydrogens (tertiary/aromatic N) is 1. The maximum absolute atomic E-state index is 12.9. The van der Waals surface area contributed by atoms with Gasteiger partial charge in [0.1, 0.15) is 0 Å². The zero-order valence-corrected chi connectivity index (χ0v) is 12.1. The fourth-order valence-corrected chi connectivity index (χ4v) is 3.60. The largest absolute Gasteiger partial charge is 0.416 e. The van der Waals surface area contributed by atoms with E-state index in [1.54, 1.807) is 12.2 Å². The summed E-state index contributed by atoms with van der Waals surface area (Å²) in [6, 6.07) is 2.58. The molecular weight excluding hydrogens is 335 g/mol. The number of anilines is 1. The minimum Gasteiger partial charge on any atom is -0.365 e. The summed E-state index contributed by atoms with van der Waals surface area (Å²) < 4.78 is 44.1. The second kappa shape index (κ2) is 4.58. The highest BCUT2D eigenvalue weighted by Crippen LogP contribution is 2.47. The first kappa shape index (κ1) is 14.7. The highest BCUT2D eigenvalue weighted by molar-refractivity contribution is 6.36. The van der Waals surface area contributed by atoms with Crippen molar-refractivity contribution in [2.24, 2.45) is 11.8 Å². The number of carbonyl (C=O) groups is 2. The van der Waals surface area contributed by atoms with Crippen LogP contribution < -0.4 is 4.90 Å². The van der Waals surface area contributed by atoms with Gasteiger partial charge in [-0.25, -0.2) is 4.90 Å². The topological polar surface area (TPSA) is 46.6 Å². The minimum atomic E-state index is -4.59. The number of hydrogen-bond acceptors (Lipinski definition) is 3. The number of rotatable bonds is 1. The summed E-state index contributed by atoms with van der Waals surface area (Å²) in [6.07, 6.45) is -2.19. The first-order valence-electron chi connectivity index (χ1n) is 6.87. The number of halogens is 4. The summed E-state index contributed by atoms with van der Waals surface area (Å²) in [5, 5.41) is -0.0825. The lowest BCUT2D eigenvalue weighted by atomic mass is 9.85. The van der Waals surface area contributed by atoms with E-state index in [4.69, 9.17) is 16.3 Å². The van der Waals surface area contributed by atoms with Gasteiger partial charge in [-0.05, 0) is 18.2 Å². The zero-order valence-electron chi connectivity index (χ0n) is 11.4. The molecule has 120 valence electrons. The molecule has 4 atom stereocenters. The summed E-state index contributed by atoms with van der Waals surface area (Å²) in [7, 11) is 0. The van der Waals surface area contributed by atoms with Crippen molar-refractivity contribution in [3.05, 3.63) is 40.9 Å². The van der Waals surface area contributed by atoms with Gasteiger partial charge in [0.05, 0.1) is 40.3 Å². The molecule has 0 radical (unpaired) electrons. The fourth-order valence-electron chi connectivity index (χ4n) is 3.40. The quantitative estimate of drug-likeness (QED) is 0.582. The Morgan fingerprint density at radius 3 is 2.13 bits per heavy atom. The first-order chi connectivity index (χ1) is 10.8. The zero-order chi connectivity index (χ0) is 16.5. The van der Waals surface area contributed by atoms with Gasteiger partial charge in [-0.3, -0.25) is 9.59 Å². The van der Waals surface area contributed by atoms with E-state index >= 15 is 0 Å². The first-order valence-corrected chi connectivity index (χ1v) is 7.25. The fraction of sp³-hybridized carbons (Fsp3) is 0.333. The molecule has 4 nitrogen and oxygen atoms in total. The van der Waals surface area contributed by atoms with Gasteiger partial charge in [-0.1, -0.05) is 23.8 Å². The number of alkyl halides is 3. The van der Waals surface area contributed by atoms with Crippen molar-refractivity contribution in [2.45, 2.75) is 18.4 Å². The van der Waals surface area contributed by atoms with Crippen molar-refractivity contribution >= 4 is 29.1 Å². The monoisotopic (exact) mass is 343 g/mol. The van der Waals surface area contributed by atoms with Crippen molar-refractivity contribution in [3.8, 4) is 0 Å². The van der Waals surface area contributed by atoms with Crippen LogP contribution in [0.25, 0.3) is 0 Å². The van der Waals surface area contributed by atoms with E-state index in [1.165, 1.54) is 0 Å². The van der Waals surface area contributed by atoms with Crippen LogP contribution in [0.4, 0.5) is 18.9 Å². The maximum Gasteiger partial charge on any atom is 0.416 e. The standard InChI is InChI=1S/C15H9ClF3NO3/c16-7-2-1-6(15(17,18)19)5-8(7)20-13(21)11-9-3-4-10(23-9)12(11)14(20)22/h1-5,9-12H/t9-,10+,11+,12-. The number of fused-ring (bicyclic) bond motifs is 5. The Balaban J connectivity index is 1.78. The molecule has 2 fully saturated rings. The lowest BCUT2D eigenvalue weighted by Gasteiger charge is -2.20. The number of hydrogen-bond donors (Lipinski definition) is 0. The van der Waals surface area contributed by atoms with Crippen LogP contribution in [-0.4, -0.2) is 24.0 Å². The second-order valence-corrected chi connectivity index (χ2v) is 6.08. The number of imide groups is 1. The number of amides is 2. The van der Waals surface area contributed by atoms with Crippen LogP contribution in [0, 0.1) is 11.8 Å². The SMILES string of the molecule is O=C1[C@@H]2[C@H](C(=O)N1c1cc(C(F)(F)F)ccc1Cl)[C@@H]1C=C[C@H]2O1. The van der Waals surface area contributed by atoms with Gasteiger partial charge in [0, 0.05) is 0 Å². The molecule has 4 rings (SSSR count). The molecule has 3 heterocycles. The van der Waals surface area contributed by atoms with Gasteiger partial charge >= 0.3 is 6.18 Å². The lowest BCUT2D eigenvalue weighted by molar-refractivity contribution is -0.137. The number of ether oxygens (including phenoxy) is 1. The molecule has 8 heteroatoms. The minimum absolute atomic E-state index is 0.0825. The van der Waals surface area contributed by atoms with E-state index in [0.717, 1.165) is 23.1 Å². The van der Waals surface area contributed by atoms with Gasteiger partial charge in [-0.2, -0.15) is 13.2 Å². The molecule has 1 aromatic rings. The number of carbonyl (C=O) groups excluding carboxylic acids is 2. The molecule has 0 spiro atoms. The molecule has 3 aliphatic rings. The van der Waals surface area contributed by atoms with E-state index in [1.807, 2.05) is 0 Å². The summed E-state index contributed by atoms with van der Waals surface area (Å²) in [5.74, 6) is -2.53. The summed E-state index contributed by atoms with van der Waals surface area (Å²) in [6.45, 7) is 0. The Kier molecular flexibility index (Phi) is 2.93. The Hall–Kier alpha value is -1.86. The van der Waals surface area contributed by atoms with Crippen LogP contribution in [0.2, 0.25) is 5.02 Å². The predicted molar refractivity (Wildman–Crippen MR) is 73.7 cm³/mol. The molecule has 0 saturated carbocycles. The summed E-state index contributed by atoms with van der Waals surface area (Å²) in [5.41, 5.74) is -1.20. The van der Waals surface area contributed by atoms with Crippen LogP contribution >= 0.6 is 11.6 Å². The van der Waals surface area contributed by atoms with Crippen LogP contribution in [0.15, 0.2) is 30.4 Å². The van der Waals surface area contributed by atoms with Crippen LogP contribution in [0.1, 0.15) is 5.56 Å². The lowest BCUT2D eigenvalue weighted by Crippen LogP contribution is -2.34. The van der Waals surface area contributed by atoms with Gasteiger partial charge < -0.3 is 4.74 Å². The average molecular weight is 344 g/mol.